The Morgan fingerprint density at radius 2 is 1.84 bits per heavy atom. The first-order valence-corrected chi connectivity index (χ1v) is 13.9. The van der Waals surface area contributed by atoms with Crippen LogP contribution in [0.4, 0.5) is 11.4 Å². The van der Waals surface area contributed by atoms with Gasteiger partial charge >= 0.3 is 0 Å². The lowest BCUT2D eigenvalue weighted by molar-refractivity contribution is -0.143. The van der Waals surface area contributed by atoms with E-state index >= 15 is 0 Å². The normalized spacial score (nSPS) is 14.3. The van der Waals surface area contributed by atoms with E-state index < -0.39 is 23.8 Å². The molecule has 1 fully saturated rings. The molecule has 0 saturated carbocycles. The van der Waals surface area contributed by atoms with E-state index in [0.717, 1.165) is 16.5 Å². The number of amides is 3. The average Bonchev–Trinajstić information content (AvgIpc) is 3.66. The highest BCUT2D eigenvalue weighted by Gasteiger charge is 2.39. The third-order valence-corrected chi connectivity index (χ3v) is 7.54. The monoisotopic (exact) mass is 618 g/mol. The van der Waals surface area contributed by atoms with E-state index in [0.29, 0.717) is 27.8 Å². The fraction of sp³-hybridized carbons (Fsp3) is 0.172. The lowest BCUT2D eigenvalue weighted by atomic mass is 10.0. The van der Waals surface area contributed by atoms with Crippen LogP contribution in [-0.4, -0.2) is 74.1 Å². The van der Waals surface area contributed by atoms with Crippen molar-refractivity contribution in [3.05, 3.63) is 88.8 Å². The lowest BCUT2D eigenvalue weighted by Crippen LogP contribution is -2.60. The Kier molecular flexibility index (Phi) is 7.70. The number of carbonyl (C=O) groups is 3. The molecule has 0 radical (unpaired) electrons. The molecule has 1 atom stereocenters. The molecule has 0 bridgehead atoms. The van der Waals surface area contributed by atoms with Crippen LogP contribution in [0.2, 0.25) is 10.2 Å². The van der Waals surface area contributed by atoms with Crippen LogP contribution in [0, 0.1) is 0 Å². The number of rotatable bonds is 8. The SMILES string of the molecule is COc1ccc(CC(C(=O)Nc2ccc3[nH]ncc3c2)N2CC(=O)N(c3cc(Cl)ccc3-n3cc(Cl)nn3)CC2=O)cc1. The number of ether oxygens (including phenoxy) is 1. The van der Waals surface area contributed by atoms with E-state index in [4.69, 9.17) is 27.9 Å². The van der Waals surface area contributed by atoms with E-state index in [2.05, 4.69) is 25.8 Å². The number of fused-ring (bicyclic) bond motifs is 1. The average molecular weight is 619 g/mol. The summed E-state index contributed by atoms with van der Waals surface area (Å²) >= 11 is 12.2. The van der Waals surface area contributed by atoms with Crippen molar-refractivity contribution in [1.82, 2.24) is 30.1 Å². The van der Waals surface area contributed by atoms with Crippen LogP contribution >= 0.6 is 23.2 Å². The van der Waals surface area contributed by atoms with Crippen molar-refractivity contribution in [3.63, 3.8) is 0 Å². The van der Waals surface area contributed by atoms with Gasteiger partial charge in [-0.2, -0.15) is 5.10 Å². The molecule has 6 rings (SSSR count). The molecule has 14 heteroatoms. The summed E-state index contributed by atoms with van der Waals surface area (Å²) in [4.78, 5) is 43.8. The van der Waals surface area contributed by atoms with Crippen molar-refractivity contribution in [2.75, 3.05) is 30.4 Å². The molecule has 218 valence electrons. The van der Waals surface area contributed by atoms with Gasteiger partial charge in [0.15, 0.2) is 5.15 Å². The molecule has 0 aliphatic carbocycles. The van der Waals surface area contributed by atoms with Crippen molar-refractivity contribution >= 4 is 63.2 Å². The third kappa shape index (κ3) is 5.87. The molecule has 3 heterocycles. The smallest absolute Gasteiger partial charge is 0.247 e. The summed E-state index contributed by atoms with van der Waals surface area (Å²) in [5.41, 5.74) is 2.95. The molecule has 1 unspecified atom stereocenters. The Labute approximate surface area is 255 Å². The van der Waals surface area contributed by atoms with Gasteiger partial charge in [0.1, 0.15) is 24.9 Å². The number of benzene rings is 3. The Morgan fingerprint density at radius 3 is 2.58 bits per heavy atom. The number of piperazine rings is 1. The number of hydrogen-bond donors (Lipinski definition) is 2. The fourth-order valence-electron chi connectivity index (χ4n) is 4.98. The predicted molar refractivity (Wildman–Crippen MR) is 161 cm³/mol. The fourth-order valence-corrected chi connectivity index (χ4v) is 5.27. The van der Waals surface area contributed by atoms with E-state index in [1.807, 2.05) is 12.1 Å². The Balaban J connectivity index is 1.29. The van der Waals surface area contributed by atoms with Crippen LogP contribution < -0.4 is 15.0 Å². The van der Waals surface area contributed by atoms with Crippen molar-refractivity contribution in [2.45, 2.75) is 12.5 Å². The number of carbonyl (C=O) groups excluding carboxylic acids is 3. The number of anilines is 2. The molecule has 3 amide bonds. The molecule has 1 saturated heterocycles. The molecule has 1 aliphatic rings. The molecule has 2 N–H and O–H groups in total. The molecule has 1 aliphatic heterocycles. The number of nitrogens with zero attached hydrogens (tertiary/aromatic N) is 6. The number of methoxy groups -OCH3 is 1. The summed E-state index contributed by atoms with van der Waals surface area (Å²) in [6, 6.07) is 16.4. The zero-order valence-electron chi connectivity index (χ0n) is 22.7. The number of nitrogens with one attached hydrogen (secondary N) is 2. The minimum absolute atomic E-state index is 0.160. The van der Waals surface area contributed by atoms with Crippen LogP contribution in [0.25, 0.3) is 16.6 Å². The summed E-state index contributed by atoms with van der Waals surface area (Å²) in [5, 5.41) is 18.9. The van der Waals surface area contributed by atoms with Gasteiger partial charge in [0.2, 0.25) is 17.7 Å². The first kappa shape index (κ1) is 28.2. The minimum atomic E-state index is -0.986. The number of aromatic amines is 1. The van der Waals surface area contributed by atoms with Gasteiger partial charge in [-0.25, -0.2) is 4.68 Å². The molecular formula is C29H24Cl2N8O4. The van der Waals surface area contributed by atoms with E-state index in [9.17, 15) is 14.4 Å². The van der Waals surface area contributed by atoms with Crippen LogP contribution in [0.15, 0.2) is 73.1 Å². The number of halogens is 2. The number of hydrogen-bond acceptors (Lipinski definition) is 7. The number of H-pyrrole nitrogens is 1. The van der Waals surface area contributed by atoms with Crippen LogP contribution in [0.3, 0.4) is 0 Å². The van der Waals surface area contributed by atoms with Gasteiger partial charge < -0.3 is 15.0 Å². The van der Waals surface area contributed by atoms with Gasteiger partial charge in [0, 0.05) is 22.5 Å². The van der Waals surface area contributed by atoms with Crippen molar-refractivity contribution < 1.29 is 19.1 Å². The largest absolute Gasteiger partial charge is 0.497 e. The molecule has 0 spiro atoms. The summed E-state index contributed by atoms with van der Waals surface area (Å²) < 4.78 is 6.65. The predicted octanol–water partition coefficient (Wildman–Crippen LogP) is 3.88. The Hall–Kier alpha value is -4.94. The van der Waals surface area contributed by atoms with Crippen molar-refractivity contribution in [2.24, 2.45) is 0 Å². The molecule has 2 aromatic heterocycles. The van der Waals surface area contributed by atoms with Gasteiger partial charge in [0.25, 0.3) is 0 Å². The Morgan fingerprint density at radius 1 is 1.02 bits per heavy atom. The van der Waals surface area contributed by atoms with Crippen LogP contribution in [0.1, 0.15) is 5.56 Å². The first-order chi connectivity index (χ1) is 20.8. The zero-order chi connectivity index (χ0) is 30.1. The summed E-state index contributed by atoms with van der Waals surface area (Å²) in [5.74, 6) is -0.597. The molecule has 5 aromatic rings. The highest BCUT2D eigenvalue weighted by atomic mass is 35.5. The zero-order valence-corrected chi connectivity index (χ0v) is 24.2. The highest BCUT2D eigenvalue weighted by molar-refractivity contribution is 6.31. The Bertz CT molecular complexity index is 1840. The summed E-state index contributed by atoms with van der Waals surface area (Å²) in [6.45, 7) is -0.653. The van der Waals surface area contributed by atoms with Gasteiger partial charge in [0.05, 0.1) is 36.4 Å². The summed E-state index contributed by atoms with van der Waals surface area (Å²) in [6.07, 6.45) is 3.30. The maximum Gasteiger partial charge on any atom is 0.247 e. The summed E-state index contributed by atoms with van der Waals surface area (Å²) in [7, 11) is 1.56. The van der Waals surface area contributed by atoms with Crippen LogP contribution in [0.5, 0.6) is 5.75 Å². The standard InChI is InChI=1S/C29H24Cl2N8O4/c1-43-21-6-2-17(3-7-21)10-25(29(42)33-20-5-8-22-18(11-20)13-32-34-22)38-16-27(40)37(15-28(38)41)24-12-19(30)4-9-23(24)39-14-26(31)35-36-39/h2-9,11-14,25H,10,15-16H2,1H3,(H,32,34)(H,33,42). The van der Waals surface area contributed by atoms with E-state index in [1.54, 1.807) is 61.8 Å². The van der Waals surface area contributed by atoms with Gasteiger partial charge in [-0.1, -0.05) is 40.5 Å². The third-order valence-electron chi connectivity index (χ3n) is 7.14. The second-order valence-corrected chi connectivity index (χ2v) is 10.7. The maximum atomic E-state index is 13.8. The topological polar surface area (TPSA) is 138 Å². The molecule has 12 nitrogen and oxygen atoms in total. The highest BCUT2D eigenvalue weighted by Crippen LogP contribution is 2.30. The van der Waals surface area contributed by atoms with E-state index in [1.165, 1.54) is 20.7 Å². The van der Waals surface area contributed by atoms with E-state index in [-0.39, 0.29) is 24.7 Å². The molecule has 3 aromatic carbocycles. The van der Waals surface area contributed by atoms with Gasteiger partial charge in [-0.3, -0.25) is 24.4 Å². The minimum Gasteiger partial charge on any atom is -0.497 e. The second kappa shape index (κ2) is 11.7. The first-order valence-electron chi connectivity index (χ1n) is 13.1. The lowest BCUT2D eigenvalue weighted by Gasteiger charge is -2.38. The van der Waals surface area contributed by atoms with Crippen LogP contribution in [-0.2, 0) is 20.8 Å². The van der Waals surface area contributed by atoms with Crippen molar-refractivity contribution in [1.29, 1.82) is 0 Å². The quantitative estimate of drug-likeness (QED) is 0.269. The van der Waals surface area contributed by atoms with Gasteiger partial charge in [-0.05, 0) is 54.1 Å². The maximum absolute atomic E-state index is 13.8. The van der Waals surface area contributed by atoms with Gasteiger partial charge in [-0.15, -0.1) is 5.10 Å². The molecule has 43 heavy (non-hydrogen) atoms. The molecular weight excluding hydrogens is 595 g/mol. The van der Waals surface area contributed by atoms with Crippen molar-refractivity contribution in [3.8, 4) is 11.4 Å². The second-order valence-electron chi connectivity index (χ2n) is 9.85. The number of aromatic nitrogens is 5.